The van der Waals surface area contributed by atoms with Gasteiger partial charge < -0.3 is 10.1 Å². The summed E-state index contributed by atoms with van der Waals surface area (Å²) in [5.41, 5.74) is 0.853. The predicted molar refractivity (Wildman–Crippen MR) is 76.4 cm³/mol. The smallest absolute Gasteiger partial charge is 0.335 e. The molecule has 2 heterocycles. The van der Waals surface area contributed by atoms with Crippen LogP contribution >= 0.6 is 11.3 Å². The summed E-state index contributed by atoms with van der Waals surface area (Å²) < 4.78 is 0. The maximum Gasteiger partial charge on any atom is 0.335 e. The summed E-state index contributed by atoms with van der Waals surface area (Å²) >= 11 is 1.41. The number of aromatic carboxylic acids is 1. The van der Waals surface area contributed by atoms with Crippen LogP contribution in [0.1, 0.15) is 21.7 Å². The molecular formula is C14H10N2O3S. The highest BCUT2D eigenvalue weighted by molar-refractivity contribution is 7.16. The van der Waals surface area contributed by atoms with Crippen LogP contribution in [0.5, 0.6) is 0 Å². The van der Waals surface area contributed by atoms with E-state index >= 15 is 0 Å². The summed E-state index contributed by atoms with van der Waals surface area (Å²) in [7, 11) is 0. The quantitative estimate of drug-likeness (QED) is 0.773. The van der Waals surface area contributed by atoms with E-state index in [1.807, 2.05) is 11.4 Å². The largest absolute Gasteiger partial charge is 0.478 e. The average molecular weight is 286 g/mol. The van der Waals surface area contributed by atoms with E-state index in [0.717, 1.165) is 5.56 Å². The minimum Gasteiger partial charge on any atom is -0.478 e. The number of rotatable bonds is 3. The van der Waals surface area contributed by atoms with Gasteiger partial charge >= 0.3 is 5.97 Å². The first-order valence-electron chi connectivity index (χ1n) is 5.92. The molecule has 2 N–H and O–H groups in total. The number of carboxylic acid groups (broad SMARTS) is 1. The van der Waals surface area contributed by atoms with Crippen LogP contribution in [0.15, 0.2) is 40.5 Å². The molecule has 2 aromatic heterocycles. The lowest BCUT2D eigenvalue weighted by atomic mass is 10.1. The fourth-order valence-electron chi connectivity index (χ4n) is 2.00. The maximum atomic E-state index is 11.8. The fraction of sp³-hybridized carbons (Fsp3) is 0.0714. The van der Waals surface area contributed by atoms with Crippen LogP contribution in [0, 0.1) is 0 Å². The van der Waals surface area contributed by atoms with Gasteiger partial charge in [-0.2, -0.15) is 0 Å². The van der Waals surface area contributed by atoms with Crippen LogP contribution < -0.4 is 5.56 Å². The van der Waals surface area contributed by atoms with Gasteiger partial charge in [0.05, 0.1) is 10.9 Å². The van der Waals surface area contributed by atoms with Crippen molar-refractivity contribution in [3.8, 4) is 0 Å². The molecule has 0 aliphatic heterocycles. The Balaban J connectivity index is 1.98. The molecule has 0 fully saturated rings. The van der Waals surface area contributed by atoms with Crippen molar-refractivity contribution in [1.82, 2.24) is 9.97 Å². The van der Waals surface area contributed by atoms with E-state index in [9.17, 15) is 9.59 Å². The Kier molecular flexibility index (Phi) is 3.08. The number of hydrogen-bond acceptors (Lipinski definition) is 4. The lowest BCUT2D eigenvalue weighted by molar-refractivity contribution is 0.0697. The molecule has 0 aliphatic rings. The zero-order valence-electron chi connectivity index (χ0n) is 10.3. The van der Waals surface area contributed by atoms with Gasteiger partial charge in [0.2, 0.25) is 0 Å². The number of hydrogen-bond donors (Lipinski definition) is 2. The minimum atomic E-state index is -0.970. The van der Waals surface area contributed by atoms with Gasteiger partial charge in [-0.3, -0.25) is 4.79 Å². The molecule has 0 unspecified atom stereocenters. The first-order chi connectivity index (χ1) is 9.63. The number of thiophene rings is 1. The van der Waals surface area contributed by atoms with E-state index in [2.05, 4.69) is 9.97 Å². The highest BCUT2D eigenvalue weighted by Crippen LogP contribution is 2.15. The third-order valence-corrected chi connectivity index (χ3v) is 3.74. The zero-order chi connectivity index (χ0) is 14.1. The number of carboxylic acids is 1. The van der Waals surface area contributed by atoms with Crippen LogP contribution in [-0.4, -0.2) is 21.0 Å². The number of nitrogens with zero attached hydrogens (tertiary/aromatic N) is 1. The molecule has 5 nitrogen and oxygen atoms in total. The number of aromatic nitrogens is 2. The molecule has 20 heavy (non-hydrogen) atoms. The van der Waals surface area contributed by atoms with Gasteiger partial charge in [0.1, 0.15) is 10.7 Å². The summed E-state index contributed by atoms with van der Waals surface area (Å²) in [6.07, 6.45) is 0.393. The van der Waals surface area contributed by atoms with Crippen molar-refractivity contribution in [2.45, 2.75) is 6.42 Å². The summed E-state index contributed by atoms with van der Waals surface area (Å²) in [6.45, 7) is 0. The molecule has 0 radical (unpaired) electrons. The van der Waals surface area contributed by atoms with Gasteiger partial charge in [-0.15, -0.1) is 11.3 Å². The predicted octanol–water partition coefficient (Wildman–Crippen LogP) is 2.27. The molecule has 0 atom stereocenters. The van der Waals surface area contributed by atoms with Crippen molar-refractivity contribution in [2.24, 2.45) is 0 Å². The van der Waals surface area contributed by atoms with E-state index in [1.54, 1.807) is 18.2 Å². The number of benzene rings is 1. The van der Waals surface area contributed by atoms with Crippen molar-refractivity contribution in [3.63, 3.8) is 0 Å². The lowest BCUT2D eigenvalue weighted by Gasteiger charge is -2.03. The highest BCUT2D eigenvalue weighted by atomic mass is 32.1. The van der Waals surface area contributed by atoms with Crippen LogP contribution in [0.2, 0.25) is 0 Å². The molecule has 0 bridgehead atoms. The first-order valence-corrected chi connectivity index (χ1v) is 6.80. The lowest BCUT2D eigenvalue weighted by Crippen LogP contribution is -2.11. The number of H-pyrrole nitrogens is 1. The van der Waals surface area contributed by atoms with Crippen molar-refractivity contribution >= 4 is 27.5 Å². The number of aromatic amines is 1. The van der Waals surface area contributed by atoms with Gasteiger partial charge in [0.15, 0.2) is 0 Å². The molecule has 0 amide bonds. The van der Waals surface area contributed by atoms with E-state index in [1.165, 1.54) is 17.4 Å². The molecule has 0 saturated heterocycles. The minimum absolute atomic E-state index is 0.166. The standard InChI is InChI=1S/C14H10N2O3S/c17-12-10-4-5-20-13(10)16-11(15-12)7-8-2-1-3-9(6-8)14(18)19/h1-6H,7H2,(H,18,19)(H,15,16,17). The topological polar surface area (TPSA) is 83.0 Å². The molecule has 6 heteroatoms. The molecule has 3 rings (SSSR count). The Labute approximate surface area is 117 Å². The summed E-state index contributed by atoms with van der Waals surface area (Å²) in [4.78, 5) is 30.6. The third-order valence-electron chi connectivity index (χ3n) is 2.93. The fourth-order valence-corrected chi connectivity index (χ4v) is 2.78. The van der Waals surface area contributed by atoms with Crippen LogP contribution in [-0.2, 0) is 6.42 Å². The Morgan fingerprint density at radius 3 is 3.00 bits per heavy atom. The maximum absolute atomic E-state index is 11.8. The molecule has 3 aromatic rings. The normalized spacial score (nSPS) is 10.8. The Bertz CT molecular complexity index is 851. The molecule has 100 valence electrons. The number of carbonyl (C=O) groups is 1. The molecule has 0 saturated carbocycles. The summed E-state index contributed by atoms with van der Waals surface area (Å²) in [6, 6.07) is 8.34. The highest BCUT2D eigenvalue weighted by Gasteiger charge is 2.07. The van der Waals surface area contributed by atoms with E-state index in [-0.39, 0.29) is 11.1 Å². The van der Waals surface area contributed by atoms with Gasteiger partial charge in [-0.1, -0.05) is 12.1 Å². The van der Waals surface area contributed by atoms with Crippen molar-refractivity contribution in [3.05, 3.63) is 63.0 Å². The molecule has 0 spiro atoms. The summed E-state index contributed by atoms with van der Waals surface area (Å²) in [5, 5.41) is 11.4. The number of fused-ring (bicyclic) bond motifs is 1. The Hall–Kier alpha value is -2.47. The first kappa shape index (κ1) is 12.6. The second kappa shape index (κ2) is 4.90. The van der Waals surface area contributed by atoms with Crippen molar-refractivity contribution < 1.29 is 9.90 Å². The van der Waals surface area contributed by atoms with Gasteiger partial charge in [-0.25, -0.2) is 9.78 Å². The summed E-state index contributed by atoms with van der Waals surface area (Å²) in [5.74, 6) is -0.436. The SMILES string of the molecule is O=C(O)c1cccc(Cc2nc3sccc3c(=O)[nH]2)c1. The van der Waals surface area contributed by atoms with Gasteiger partial charge in [-0.05, 0) is 29.1 Å². The van der Waals surface area contributed by atoms with Crippen LogP contribution in [0.25, 0.3) is 10.2 Å². The van der Waals surface area contributed by atoms with E-state index in [0.29, 0.717) is 22.5 Å². The molecule has 1 aromatic carbocycles. The van der Waals surface area contributed by atoms with Gasteiger partial charge in [0, 0.05) is 6.42 Å². The van der Waals surface area contributed by atoms with Crippen LogP contribution in [0.4, 0.5) is 0 Å². The monoisotopic (exact) mass is 286 g/mol. The molecular weight excluding hydrogens is 276 g/mol. The number of nitrogens with one attached hydrogen (secondary N) is 1. The van der Waals surface area contributed by atoms with Crippen molar-refractivity contribution in [2.75, 3.05) is 0 Å². The molecule has 0 aliphatic carbocycles. The Morgan fingerprint density at radius 2 is 2.20 bits per heavy atom. The zero-order valence-corrected chi connectivity index (χ0v) is 11.1. The van der Waals surface area contributed by atoms with Crippen LogP contribution in [0.3, 0.4) is 0 Å². The van der Waals surface area contributed by atoms with E-state index in [4.69, 9.17) is 5.11 Å². The van der Waals surface area contributed by atoms with Crippen molar-refractivity contribution in [1.29, 1.82) is 0 Å². The van der Waals surface area contributed by atoms with Gasteiger partial charge in [0.25, 0.3) is 5.56 Å². The second-order valence-electron chi connectivity index (χ2n) is 4.33. The van der Waals surface area contributed by atoms with E-state index < -0.39 is 5.97 Å². The third kappa shape index (κ3) is 2.33. The Morgan fingerprint density at radius 1 is 1.35 bits per heavy atom. The second-order valence-corrected chi connectivity index (χ2v) is 5.23. The average Bonchev–Trinajstić information content (AvgIpc) is 2.88.